The van der Waals surface area contributed by atoms with Crippen LogP contribution < -0.4 is 0 Å². The molecule has 20 heavy (non-hydrogen) atoms. The van der Waals surface area contributed by atoms with Gasteiger partial charge in [-0.05, 0) is 0 Å². The molecular formula is C15H14O5. The zero-order valence-corrected chi connectivity index (χ0v) is 10.8. The smallest absolute Gasteiger partial charge is 0.343 e. The van der Waals surface area contributed by atoms with Crippen molar-refractivity contribution in [1.29, 1.82) is 0 Å². The summed E-state index contributed by atoms with van der Waals surface area (Å²) >= 11 is 0. The van der Waals surface area contributed by atoms with Crippen molar-refractivity contribution in [2.45, 2.75) is 18.4 Å². The normalized spacial score (nSPS) is 21.1. The van der Waals surface area contributed by atoms with Gasteiger partial charge in [0.1, 0.15) is 11.3 Å². The maximum absolute atomic E-state index is 12.5. The van der Waals surface area contributed by atoms with Crippen LogP contribution in [0, 0.1) is 0 Å². The minimum atomic E-state index is -1.24. The average Bonchev–Trinajstić information content (AvgIpc) is 2.74. The fraction of sp³-hybridized carbons (Fsp3) is 0.333. The molecule has 1 spiro atoms. The lowest BCUT2D eigenvalue weighted by atomic mass is 9.87. The predicted octanol–water partition coefficient (Wildman–Crippen LogP) is 1.63. The van der Waals surface area contributed by atoms with Gasteiger partial charge in [0.15, 0.2) is 5.60 Å². The molecule has 1 aromatic rings. The second-order valence-corrected chi connectivity index (χ2v) is 4.91. The third kappa shape index (κ3) is 1.91. The van der Waals surface area contributed by atoms with Crippen molar-refractivity contribution in [3.8, 4) is 0 Å². The van der Waals surface area contributed by atoms with Crippen molar-refractivity contribution in [3.63, 3.8) is 0 Å². The highest BCUT2D eigenvalue weighted by molar-refractivity contribution is 6.26. The van der Waals surface area contributed by atoms with E-state index in [9.17, 15) is 14.7 Å². The Morgan fingerprint density at radius 2 is 1.80 bits per heavy atom. The summed E-state index contributed by atoms with van der Waals surface area (Å²) in [5, 5.41) is 9.34. The van der Waals surface area contributed by atoms with E-state index in [4.69, 9.17) is 9.47 Å². The number of ether oxygens (including phenoxy) is 2. The maximum atomic E-state index is 12.5. The number of ketones is 1. The Kier molecular flexibility index (Phi) is 3.06. The molecule has 5 nitrogen and oxygen atoms in total. The zero-order valence-electron chi connectivity index (χ0n) is 10.8. The van der Waals surface area contributed by atoms with Crippen molar-refractivity contribution < 1.29 is 24.2 Å². The molecule has 5 heteroatoms. The van der Waals surface area contributed by atoms with Crippen LogP contribution in [0.3, 0.4) is 0 Å². The lowest BCUT2D eigenvalue weighted by molar-refractivity contribution is -0.141. The summed E-state index contributed by atoms with van der Waals surface area (Å²) in [5.74, 6) is -1.51. The van der Waals surface area contributed by atoms with Crippen LogP contribution in [0.4, 0.5) is 0 Å². The van der Waals surface area contributed by atoms with Gasteiger partial charge in [-0.2, -0.15) is 0 Å². The molecular weight excluding hydrogens is 260 g/mol. The number of rotatable bonds is 2. The van der Waals surface area contributed by atoms with E-state index in [1.165, 1.54) is 0 Å². The lowest BCUT2D eigenvalue weighted by Crippen LogP contribution is -2.43. The summed E-state index contributed by atoms with van der Waals surface area (Å²) in [6.07, 6.45) is 0.776. The van der Waals surface area contributed by atoms with Gasteiger partial charge in [-0.3, -0.25) is 4.79 Å². The summed E-state index contributed by atoms with van der Waals surface area (Å²) in [7, 11) is 0. The number of hydrogen-bond donors (Lipinski definition) is 1. The maximum Gasteiger partial charge on any atom is 0.343 e. The third-order valence-corrected chi connectivity index (χ3v) is 3.72. The predicted molar refractivity (Wildman–Crippen MR) is 69.9 cm³/mol. The minimum Gasteiger partial charge on any atom is -0.477 e. The molecule has 0 atom stereocenters. The highest BCUT2D eigenvalue weighted by Crippen LogP contribution is 2.42. The number of carboxylic acid groups (broad SMARTS) is 1. The van der Waals surface area contributed by atoms with Crippen LogP contribution in [0.15, 0.2) is 35.9 Å². The van der Waals surface area contributed by atoms with E-state index in [0.29, 0.717) is 31.6 Å². The topological polar surface area (TPSA) is 72.8 Å². The monoisotopic (exact) mass is 274 g/mol. The van der Waals surface area contributed by atoms with Crippen molar-refractivity contribution in [1.82, 2.24) is 0 Å². The first kappa shape index (κ1) is 12.9. The fourth-order valence-corrected chi connectivity index (χ4v) is 2.64. The van der Waals surface area contributed by atoms with E-state index in [-0.39, 0.29) is 11.3 Å². The first-order valence-corrected chi connectivity index (χ1v) is 6.49. The molecule has 2 heterocycles. The summed E-state index contributed by atoms with van der Waals surface area (Å²) in [5.41, 5.74) is -0.698. The van der Waals surface area contributed by atoms with Crippen molar-refractivity contribution in [2.24, 2.45) is 0 Å². The van der Waals surface area contributed by atoms with E-state index in [2.05, 4.69) is 0 Å². The van der Waals surface area contributed by atoms with Crippen LogP contribution in [-0.2, 0) is 19.1 Å². The highest BCUT2D eigenvalue weighted by atomic mass is 16.5. The molecule has 0 aromatic heterocycles. The van der Waals surface area contributed by atoms with Crippen molar-refractivity contribution in [3.05, 3.63) is 41.5 Å². The average molecular weight is 274 g/mol. The van der Waals surface area contributed by atoms with Crippen molar-refractivity contribution in [2.75, 3.05) is 13.2 Å². The number of carbonyl (C=O) groups is 2. The van der Waals surface area contributed by atoms with Crippen LogP contribution in [0.25, 0.3) is 5.76 Å². The summed E-state index contributed by atoms with van der Waals surface area (Å²) in [4.78, 5) is 23.9. The Balaban J connectivity index is 2.06. The number of aliphatic carboxylic acids is 1. The van der Waals surface area contributed by atoms with Crippen LogP contribution in [0.5, 0.6) is 0 Å². The number of carboxylic acids is 1. The molecule has 104 valence electrons. The van der Waals surface area contributed by atoms with E-state index in [1.54, 1.807) is 24.3 Å². The molecule has 1 fully saturated rings. The Labute approximate surface area is 115 Å². The van der Waals surface area contributed by atoms with E-state index in [0.717, 1.165) is 0 Å². The van der Waals surface area contributed by atoms with Gasteiger partial charge < -0.3 is 14.6 Å². The van der Waals surface area contributed by atoms with Crippen LogP contribution in [0.2, 0.25) is 0 Å². The first-order valence-electron chi connectivity index (χ1n) is 6.49. The molecule has 0 bridgehead atoms. The Hall–Kier alpha value is -2.14. The molecule has 0 amide bonds. The van der Waals surface area contributed by atoms with Gasteiger partial charge in [-0.15, -0.1) is 0 Å². The van der Waals surface area contributed by atoms with Gasteiger partial charge >= 0.3 is 5.97 Å². The van der Waals surface area contributed by atoms with Gasteiger partial charge in [0.05, 0.1) is 13.2 Å². The number of hydrogen-bond acceptors (Lipinski definition) is 4. The summed E-state index contributed by atoms with van der Waals surface area (Å²) in [6.45, 7) is 0.807. The van der Waals surface area contributed by atoms with Crippen LogP contribution >= 0.6 is 0 Å². The largest absolute Gasteiger partial charge is 0.477 e. The van der Waals surface area contributed by atoms with Crippen molar-refractivity contribution >= 4 is 17.5 Å². The molecule has 1 N–H and O–H groups in total. The van der Waals surface area contributed by atoms with Gasteiger partial charge in [0.2, 0.25) is 5.78 Å². The molecule has 2 aliphatic heterocycles. The lowest BCUT2D eigenvalue weighted by Gasteiger charge is -2.31. The first-order chi connectivity index (χ1) is 9.64. The van der Waals surface area contributed by atoms with Gasteiger partial charge in [-0.25, -0.2) is 4.79 Å². The molecule has 0 saturated carbocycles. The van der Waals surface area contributed by atoms with Gasteiger partial charge in [-0.1, -0.05) is 30.3 Å². The Morgan fingerprint density at radius 3 is 2.40 bits per heavy atom. The number of Topliss-reactive ketones (excluding diaryl/α,β-unsaturated/α-hetero) is 1. The highest BCUT2D eigenvalue weighted by Gasteiger charge is 2.52. The Morgan fingerprint density at radius 1 is 1.15 bits per heavy atom. The molecule has 1 saturated heterocycles. The van der Waals surface area contributed by atoms with Crippen LogP contribution in [0.1, 0.15) is 18.4 Å². The van der Waals surface area contributed by atoms with E-state index in [1.807, 2.05) is 6.07 Å². The molecule has 0 radical (unpaired) electrons. The second kappa shape index (κ2) is 4.76. The summed E-state index contributed by atoms with van der Waals surface area (Å²) in [6, 6.07) is 8.87. The van der Waals surface area contributed by atoms with Gasteiger partial charge in [0.25, 0.3) is 0 Å². The van der Waals surface area contributed by atoms with E-state index >= 15 is 0 Å². The number of benzene rings is 1. The standard InChI is InChI=1S/C15H14O5/c16-13-11(14(17)18)12(10-4-2-1-3-5-10)20-15(13)6-8-19-9-7-15/h1-5H,6-9H2,(H,17,18). The quantitative estimate of drug-likeness (QED) is 0.830. The molecule has 0 unspecified atom stereocenters. The van der Waals surface area contributed by atoms with Crippen LogP contribution in [-0.4, -0.2) is 35.7 Å². The summed E-state index contributed by atoms with van der Waals surface area (Å²) < 4.78 is 11.1. The zero-order chi connectivity index (χ0) is 14.2. The fourth-order valence-electron chi connectivity index (χ4n) is 2.64. The second-order valence-electron chi connectivity index (χ2n) is 4.91. The molecule has 0 aliphatic carbocycles. The van der Waals surface area contributed by atoms with E-state index < -0.39 is 17.4 Å². The van der Waals surface area contributed by atoms with Gasteiger partial charge in [0, 0.05) is 18.4 Å². The molecule has 3 rings (SSSR count). The minimum absolute atomic E-state index is 0.171. The molecule has 1 aromatic carbocycles. The number of carbonyl (C=O) groups excluding carboxylic acids is 1. The third-order valence-electron chi connectivity index (χ3n) is 3.72. The Bertz CT molecular complexity index is 582. The SMILES string of the molecule is O=C(O)C1=C(c2ccccc2)OC2(CCOCC2)C1=O. The molecule has 2 aliphatic rings.